The quantitative estimate of drug-likeness (QED) is 0.756. The number of nitrogens with zero attached hydrogens (tertiary/aromatic N) is 3. The van der Waals surface area contributed by atoms with E-state index in [1.165, 1.54) is 0 Å². The number of nitrogens with one attached hydrogen (secondary N) is 1. The second-order valence-corrected chi connectivity index (χ2v) is 5.92. The first-order valence-electron chi connectivity index (χ1n) is 8.39. The molecule has 0 spiro atoms. The molecule has 3 aromatic rings. The van der Waals surface area contributed by atoms with Gasteiger partial charge >= 0.3 is 0 Å². The smallest absolute Gasteiger partial charge is 0.251 e. The van der Waals surface area contributed by atoms with Gasteiger partial charge in [0.15, 0.2) is 0 Å². The standard InChI is InChI=1S/C19H22N4O/c1-3-16(4-2)20-19(24)15-11-9-14(10-12-15)13-23-18-8-6-5-7-17(18)21-22-23/h5-12,16H,3-4,13H2,1-2H3,(H,20,24). The van der Waals surface area contributed by atoms with Gasteiger partial charge in [-0.05, 0) is 42.7 Å². The molecule has 0 saturated heterocycles. The van der Waals surface area contributed by atoms with Crippen molar-refractivity contribution in [2.75, 3.05) is 0 Å². The van der Waals surface area contributed by atoms with Crippen LogP contribution in [0.3, 0.4) is 0 Å². The highest BCUT2D eigenvalue weighted by atomic mass is 16.1. The van der Waals surface area contributed by atoms with Crippen LogP contribution in [-0.2, 0) is 6.54 Å². The Hall–Kier alpha value is -2.69. The van der Waals surface area contributed by atoms with Crippen molar-refractivity contribution in [3.63, 3.8) is 0 Å². The molecular formula is C19H22N4O. The molecule has 0 bridgehead atoms. The van der Waals surface area contributed by atoms with Gasteiger partial charge in [0.1, 0.15) is 5.52 Å². The Morgan fingerprint density at radius 2 is 1.79 bits per heavy atom. The third-order valence-electron chi connectivity index (χ3n) is 4.29. The number of para-hydroxylation sites is 1. The monoisotopic (exact) mass is 322 g/mol. The lowest BCUT2D eigenvalue weighted by Gasteiger charge is -2.14. The first-order valence-corrected chi connectivity index (χ1v) is 8.39. The van der Waals surface area contributed by atoms with Crippen molar-refractivity contribution in [3.8, 4) is 0 Å². The number of rotatable bonds is 6. The second kappa shape index (κ2) is 7.25. The van der Waals surface area contributed by atoms with Gasteiger partial charge in [-0.15, -0.1) is 5.10 Å². The number of carbonyl (C=O) groups excluding carboxylic acids is 1. The lowest BCUT2D eigenvalue weighted by atomic mass is 10.1. The van der Waals surface area contributed by atoms with Gasteiger partial charge in [0.2, 0.25) is 0 Å². The minimum atomic E-state index is -0.0125. The lowest BCUT2D eigenvalue weighted by molar-refractivity contribution is 0.0935. The molecule has 1 heterocycles. The minimum Gasteiger partial charge on any atom is -0.349 e. The van der Waals surface area contributed by atoms with Crippen molar-refractivity contribution in [3.05, 3.63) is 59.7 Å². The van der Waals surface area contributed by atoms with Crippen LogP contribution in [0.15, 0.2) is 48.5 Å². The van der Waals surface area contributed by atoms with Gasteiger partial charge in [-0.3, -0.25) is 4.79 Å². The van der Waals surface area contributed by atoms with Gasteiger partial charge in [0.05, 0.1) is 12.1 Å². The molecule has 0 aliphatic heterocycles. The topological polar surface area (TPSA) is 59.8 Å². The van der Waals surface area contributed by atoms with E-state index in [0.29, 0.717) is 12.1 Å². The normalized spacial score (nSPS) is 11.1. The van der Waals surface area contributed by atoms with E-state index >= 15 is 0 Å². The molecule has 0 saturated carbocycles. The molecule has 0 aliphatic rings. The maximum atomic E-state index is 12.2. The van der Waals surface area contributed by atoms with Gasteiger partial charge in [-0.1, -0.05) is 43.3 Å². The Balaban J connectivity index is 1.71. The number of benzene rings is 2. The fourth-order valence-electron chi connectivity index (χ4n) is 2.73. The summed E-state index contributed by atoms with van der Waals surface area (Å²) >= 11 is 0. The van der Waals surface area contributed by atoms with E-state index in [4.69, 9.17) is 0 Å². The molecule has 1 N–H and O–H groups in total. The molecule has 24 heavy (non-hydrogen) atoms. The first kappa shape index (κ1) is 16.2. The zero-order chi connectivity index (χ0) is 16.9. The molecule has 124 valence electrons. The molecule has 0 radical (unpaired) electrons. The van der Waals surface area contributed by atoms with E-state index in [2.05, 4.69) is 29.5 Å². The number of amides is 1. The third kappa shape index (κ3) is 3.45. The van der Waals surface area contributed by atoms with Crippen molar-refractivity contribution in [1.82, 2.24) is 20.3 Å². The predicted octanol–water partition coefficient (Wildman–Crippen LogP) is 3.40. The molecule has 0 atom stereocenters. The average molecular weight is 322 g/mol. The molecule has 0 aliphatic carbocycles. The van der Waals surface area contributed by atoms with E-state index in [1.807, 2.05) is 53.2 Å². The van der Waals surface area contributed by atoms with Crippen LogP contribution in [0, 0.1) is 0 Å². The summed E-state index contributed by atoms with van der Waals surface area (Å²) in [7, 11) is 0. The molecular weight excluding hydrogens is 300 g/mol. The van der Waals surface area contributed by atoms with Gasteiger partial charge in [0.25, 0.3) is 5.91 Å². The summed E-state index contributed by atoms with van der Waals surface area (Å²) in [6, 6.07) is 15.8. The van der Waals surface area contributed by atoms with Crippen LogP contribution in [0.25, 0.3) is 11.0 Å². The molecule has 5 heteroatoms. The van der Waals surface area contributed by atoms with Crippen LogP contribution < -0.4 is 5.32 Å². The van der Waals surface area contributed by atoms with Crippen LogP contribution in [0.4, 0.5) is 0 Å². The molecule has 1 amide bonds. The SMILES string of the molecule is CCC(CC)NC(=O)c1ccc(Cn2nnc3ccccc32)cc1. The first-order chi connectivity index (χ1) is 11.7. The minimum absolute atomic E-state index is 0.0125. The maximum Gasteiger partial charge on any atom is 0.251 e. The van der Waals surface area contributed by atoms with Crippen molar-refractivity contribution in [2.24, 2.45) is 0 Å². The van der Waals surface area contributed by atoms with Crippen LogP contribution in [-0.4, -0.2) is 26.9 Å². The van der Waals surface area contributed by atoms with Gasteiger partial charge in [-0.25, -0.2) is 4.68 Å². The van der Waals surface area contributed by atoms with Crippen molar-refractivity contribution >= 4 is 16.9 Å². The summed E-state index contributed by atoms with van der Waals surface area (Å²) in [5, 5.41) is 11.4. The zero-order valence-electron chi connectivity index (χ0n) is 14.1. The summed E-state index contributed by atoms with van der Waals surface area (Å²) < 4.78 is 1.87. The molecule has 0 fully saturated rings. The lowest BCUT2D eigenvalue weighted by Crippen LogP contribution is -2.33. The Morgan fingerprint density at radius 1 is 1.08 bits per heavy atom. The van der Waals surface area contributed by atoms with Crippen LogP contribution >= 0.6 is 0 Å². The van der Waals surface area contributed by atoms with Crippen molar-refractivity contribution < 1.29 is 4.79 Å². The van der Waals surface area contributed by atoms with Crippen molar-refractivity contribution in [2.45, 2.75) is 39.3 Å². The number of carbonyl (C=O) groups is 1. The fourth-order valence-corrected chi connectivity index (χ4v) is 2.73. The highest BCUT2D eigenvalue weighted by Gasteiger charge is 2.11. The van der Waals surface area contributed by atoms with Gasteiger partial charge < -0.3 is 5.32 Å². The van der Waals surface area contributed by atoms with Crippen LogP contribution in [0.1, 0.15) is 42.6 Å². The molecule has 5 nitrogen and oxygen atoms in total. The van der Waals surface area contributed by atoms with Crippen LogP contribution in [0.2, 0.25) is 0 Å². The van der Waals surface area contributed by atoms with E-state index < -0.39 is 0 Å². The Morgan fingerprint density at radius 3 is 2.50 bits per heavy atom. The van der Waals surface area contributed by atoms with Crippen molar-refractivity contribution in [1.29, 1.82) is 0 Å². The highest BCUT2D eigenvalue weighted by Crippen LogP contribution is 2.13. The summed E-state index contributed by atoms with van der Waals surface area (Å²) in [4.78, 5) is 12.2. The second-order valence-electron chi connectivity index (χ2n) is 5.92. The number of hydrogen-bond acceptors (Lipinski definition) is 3. The maximum absolute atomic E-state index is 12.2. The molecule has 3 rings (SSSR count). The number of aromatic nitrogens is 3. The molecule has 2 aromatic carbocycles. The van der Waals surface area contributed by atoms with Gasteiger partial charge in [-0.2, -0.15) is 0 Å². The van der Waals surface area contributed by atoms with Gasteiger partial charge in [0, 0.05) is 11.6 Å². The van der Waals surface area contributed by atoms with E-state index in [1.54, 1.807) is 0 Å². The Kier molecular flexibility index (Phi) is 4.89. The summed E-state index contributed by atoms with van der Waals surface area (Å²) in [6.45, 7) is 4.80. The molecule has 1 aromatic heterocycles. The van der Waals surface area contributed by atoms with E-state index in [0.717, 1.165) is 29.4 Å². The van der Waals surface area contributed by atoms with Crippen LogP contribution in [0.5, 0.6) is 0 Å². The molecule has 0 unspecified atom stereocenters. The van der Waals surface area contributed by atoms with E-state index in [-0.39, 0.29) is 11.9 Å². The predicted molar refractivity (Wildman–Crippen MR) is 94.9 cm³/mol. The highest BCUT2D eigenvalue weighted by molar-refractivity contribution is 5.94. The Labute approximate surface area is 141 Å². The average Bonchev–Trinajstić information content (AvgIpc) is 3.03. The Bertz CT molecular complexity index is 819. The third-order valence-corrected chi connectivity index (χ3v) is 4.29. The fraction of sp³-hybridized carbons (Fsp3) is 0.316. The number of fused-ring (bicyclic) bond motifs is 1. The zero-order valence-corrected chi connectivity index (χ0v) is 14.1. The summed E-state index contributed by atoms with van der Waals surface area (Å²) in [6.07, 6.45) is 1.89. The largest absolute Gasteiger partial charge is 0.349 e. The summed E-state index contributed by atoms with van der Waals surface area (Å²) in [5.74, 6) is -0.0125. The van der Waals surface area contributed by atoms with E-state index in [9.17, 15) is 4.79 Å². The summed E-state index contributed by atoms with van der Waals surface area (Å²) in [5.41, 5.74) is 3.67. The number of hydrogen-bond donors (Lipinski definition) is 1.